The van der Waals surface area contributed by atoms with Gasteiger partial charge in [-0.3, -0.25) is 4.79 Å². The van der Waals surface area contributed by atoms with Crippen molar-refractivity contribution in [2.24, 2.45) is 4.52 Å². The topological polar surface area (TPSA) is 129 Å². The fourth-order valence-electron chi connectivity index (χ4n) is 1.27. The molecule has 0 amide bonds. The summed E-state index contributed by atoms with van der Waals surface area (Å²) >= 11 is 0. The standard InChI is InChI=1S/C8H5N5O3S/c9-12-13-17(15,16)5-1-2-6-7(3-5)10-4-8(14)11-6/h1-4H,(H,11,14). The molecule has 0 bridgehead atoms. The number of hydrogen-bond donors (Lipinski definition) is 1. The minimum Gasteiger partial charge on any atom is -0.319 e. The lowest BCUT2D eigenvalue weighted by atomic mass is 10.3. The van der Waals surface area contributed by atoms with Crippen LogP contribution in [0.25, 0.3) is 21.5 Å². The van der Waals surface area contributed by atoms with Gasteiger partial charge in [0.15, 0.2) is 0 Å². The van der Waals surface area contributed by atoms with Crippen molar-refractivity contribution in [1.29, 1.82) is 0 Å². The molecule has 0 aliphatic rings. The van der Waals surface area contributed by atoms with Crippen LogP contribution < -0.4 is 5.56 Å². The van der Waals surface area contributed by atoms with Crippen molar-refractivity contribution in [2.75, 3.05) is 0 Å². The third kappa shape index (κ3) is 2.10. The van der Waals surface area contributed by atoms with Gasteiger partial charge in [-0.15, -0.1) is 0 Å². The molecule has 1 aromatic heterocycles. The average molecular weight is 251 g/mol. The fraction of sp³-hybridized carbons (Fsp3) is 0. The predicted molar refractivity (Wildman–Crippen MR) is 58.7 cm³/mol. The summed E-state index contributed by atoms with van der Waals surface area (Å²) in [6.45, 7) is 0. The van der Waals surface area contributed by atoms with E-state index in [0.29, 0.717) is 11.0 Å². The van der Waals surface area contributed by atoms with E-state index in [1.807, 2.05) is 0 Å². The minimum atomic E-state index is -4.04. The van der Waals surface area contributed by atoms with E-state index in [-0.39, 0.29) is 10.5 Å². The molecule has 2 rings (SSSR count). The van der Waals surface area contributed by atoms with E-state index in [1.165, 1.54) is 18.2 Å². The maximum Gasteiger partial charge on any atom is 0.266 e. The molecule has 0 atom stereocenters. The highest BCUT2D eigenvalue weighted by molar-refractivity contribution is 7.90. The molecule has 0 spiro atoms. The summed E-state index contributed by atoms with van der Waals surface area (Å²) in [5.41, 5.74) is 8.43. The molecule has 9 heteroatoms. The number of fused-ring (bicyclic) bond motifs is 1. The lowest BCUT2D eigenvalue weighted by Gasteiger charge is -1.99. The Bertz CT molecular complexity index is 788. The number of nitrogens with one attached hydrogen (secondary N) is 1. The van der Waals surface area contributed by atoms with Crippen molar-refractivity contribution >= 4 is 21.1 Å². The van der Waals surface area contributed by atoms with Gasteiger partial charge >= 0.3 is 0 Å². The molecule has 0 saturated heterocycles. The van der Waals surface area contributed by atoms with E-state index in [1.54, 1.807) is 0 Å². The van der Waals surface area contributed by atoms with Gasteiger partial charge in [-0.25, -0.2) is 13.4 Å². The second-order valence-corrected chi connectivity index (χ2v) is 4.66. The largest absolute Gasteiger partial charge is 0.319 e. The highest BCUT2D eigenvalue weighted by Crippen LogP contribution is 2.16. The van der Waals surface area contributed by atoms with Gasteiger partial charge < -0.3 is 4.98 Å². The van der Waals surface area contributed by atoms with Gasteiger partial charge in [0.25, 0.3) is 15.6 Å². The van der Waals surface area contributed by atoms with Crippen LogP contribution >= 0.6 is 0 Å². The van der Waals surface area contributed by atoms with Crippen molar-refractivity contribution in [1.82, 2.24) is 9.97 Å². The zero-order valence-electron chi connectivity index (χ0n) is 8.23. The monoisotopic (exact) mass is 251 g/mol. The Hall–Kier alpha value is -2.38. The number of aromatic amines is 1. The predicted octanol–water partition coefficient (Wildman–Crippen LogP) is 0.922. The summed E-state index contributed by atoms with van der Waals surface area (Å²) in [7, 11) is -4.04. The molecule has 1 N–H and O–H groups in total. The summed E-state index contributed by atoms with van der Waals surface area (Å²) in [4.78, 5) is 19.3. The van der Waals surface area contributed by atoms with Crippen LogP contribution in [-0.2, 0) is 10.0 Å². The quantitative estimate of drug-likeness (QED) is 0.483. The van der Waals surface area contributed by atoms with Crippen LogP contribution in [0, 0.1) is 0 Å². The summed E-state index contributed by atoms with van der Waals surface area (Å²) in [6.07, 6.45) is 1.03. The van der Waals surface area contributed by atoms with Crippen LogP contribution in [0.2, 0.25) is 0 Å². The first-order valence-corrected chi connectivity index (χ1v) is 5.77. The van der Waals surface area contributed by atoms with Crippen LogP contribution in [0.5, 0.6) is 0 Å². The van der Waals surface area contributed by atoms with Gasteiger partial charge in [-0.2, -0.15) is 0 Å². The van der Waals surface area contributed by atoms with Gasteiger partial charge in [0.2, 0.25) is 0 Å². The molecular formula is C8H5N5O3S. The molecule has 1 heterocycles. The fourth-order valence-corrected chi connectivity index (χ4v) is 1.96. The van der Waals surface area contributed by atoms with E-state index in [4.69, 9.17) is 5.53 Å². The van der Waals surface area contributed by atoms with Crippen LogP contribution in [0.4, 0.5) is 0 Å². The maximum absolute atomic E-state index is 11.4. The normalized spacial score (nSPS) is 11.1. The molecule has 0 unspecified atom stereocenters. The van der Waals surface area contributed by atoms with Crippen molar-refractivity contribution in [2.45, 2.75) is 4.90 Å². The first-order chi connectivity index (χ1) is 8.03. The van der Waals surface area contributed by atoms with E-state index in [9.17, 15) is 13.2 Å². The number of sulfonamides is 1. The van der Waals surface area contributed by atoms with Crippen LogP contribution in [-0.4, -0.2) is 18.4 Å². The molecule has 0 saturated carbocycles. The number of aromatic nitrogens is 2. The van der Waals surface area contributed by atoms with Crippen molar-refractivity contribution in [3.63, 3.8) is 0 Å². The summed E-state index contributed by atoms with van der Waals surface area (Å²) < 4.78 is 25.5. The van der Waals surface area contributed by atoms with Gasteiger partial charge in [0.1, 0.15) is 0 Å². The van der Waals surface area contributed by atoms with Crippen LogP contribution in [0.15, 0.2) is 38.6 Å². The molecular weight excluding hydrogens is 246 g/mol. The lowest BCUT2D eigenvalue weighted by Crippen LogP contribution is -2.05. The first-order valence-electron chi connectivity index (χ1n) is 4.33. The number of benzene rings is 1. The Labute approximate surface area is 94.6 Å². The van der Waals surface area contributed by atoms with Crippen molar-refractivity contribution in [3.05, 3.63) is 45.2 Å². The number of hydrogen-bond acceptors (Lipinski definition) is 4. The number of H-pyrrole nitrogens is 1. The van der Waals surface area contributed by atoms with Crippen molar-refractivity contribution in [3.8, 4) is 0 Å². The van der Waals surface area contributed by atoms with Gasteiger partial charge in [0.05, 0.1) is 22.1 Å². The molecule has 86 valence electrons. The zero-order valence-corrected chi connectivity index (χ0v) is 9.05. The Morgan fingerprint density at radius 3 is 2.88 bits per heavy atom. The van der Waals surface area contributed by atoms with E-state index in [0.717, 1.165) is 6.20 Å². The average Bonchev–Trinajstić information content (AvgIpc) is 2.28. The third-order valence-corrected chi connectivity index (χ3v) is 3.13. The van der Waals surface area contributed by atoms with Gasteiger partial charge in [-0.1, -0.05) is 0 Å². The summed E-state index contributed by atoms with van der Waals surface area (Å²) in [5.74, 6) is 0. The number of azide groups is 1. The third-order valence-electron chi connectivity index (χ3n) is 1.99. The molecule has 0 aliphatic carbocycles. The summed E-state index contributed by atoms with van der Waals surface area (Å²) in [6, 6.07) is 3.82. The Morgan fingerprint density at radius 1 is 1.41 bits per heavy atom. The Morgan fingerprint density at radius 2 is 2.18 bits per heavy atom. The SMILES string of the molecule is [N-]=[N+]=NS(=O)(=O)c1ccc2[nH]c(=O)cnc2c1. The lowest BCUT2D eigenvalue weighted by molar-refractivity contribution is 0.597. The molecule has 2 aromatic rings. The Balaban J connectivity index is 2.72. The van der Waals surface area contributed by atoms with Crippen LogP contribution in [0.3, 0.4) is 0 Å². The Kier molecular flexibility index (Phi) is 2.54. The highest BCUT2D eigenvalue weighted by atomic mass is 32.2. The number of rotatable bonds is 2. The van der Waals surface area contributed by atoms with Gasteiger partial charge in [-0.05, 0) is 23.7 Å². The smallest absolute Gasteiger partial charge is 0.266 e. The number of nitrogens with zero attached hydrogens (tertiary/aromatic N) is 4. The van der Waals surface area contributed by atoms with Gasteiger partial charge in [0, 0.05) is 9.43 Å². The molecule has 0 fully saturated rings. The highest BCUT2D eigenvalue weighted by Gasteiger charge is 2.12. The molecule has 0 radical (unpaired) electrons. The van der Waals surface area contributed by atoms with E-state index < -0.39 is 10.0 Å². The summed E-state index contributed by atoms with van der Waals surface area (Å²) in [5, 5.41) is 0. The zero-order chi connectivity index (χ0) is 12.5. The van der Waals surface area contributed by atoms with Crippen LogP contribution in [0.1, 0.15) is 0 Å². The molecule has 1 aromatic carbocycles. The molecule has 0 aliphatic heterocycles. The second kappa shape index (κ2) is 3.89. The first kappa shape index (κ1) is 11.1. The maximum atomic E-state index is 11.4. The molecule has 8 nitrogen and oxygen atoms in total. The van der Waals surface area contributed by atoms with Crippen molar-refractivity contribution < 1.29 is 8.42 Å². The molecule has 17 heavy (non-hydrogen) atoms. The minimum absolute atomic E-state index is 0.178. The van der Waals surface area contributed by atoms with E-state index in [2.05, 4.69) is 19.4 Å². The van der Waals surface area contributed by atoms with E-state index >= 15 is 0 Å². The second-order valence-electron chi connectivity index (χ2n) is 3.07.